The lowest BCUT2D eigenvalue weighted by atomic mass is 9.73. The van der Waals surface area contributed by atoms with E-state index in [0.717, 1.165) is 16.7 Å². The Morgan fingerprint density at radius 2 is 1.82 bits per heavy atom. The molecular formula is C14H21NO2. The predicted octanol–water partition coefficient (Wildman–Crippen LogP) is 2.38. The Morgan fingerprint density at radius 3 is 2.18 bits per heavy atom. The minimum absolute atomic E-state index is 0.0492. The largest absolute Gasteiger partial charge is 0.481 e. The lowest BCUT2D eigenvalue weighted by Gasteiger charge is -2.33. The average Bonchev–Trinajstić information content (AvgIpc) is 2.14. The summed E-state index contributed by atoms with van der Waals surface area (Å²) in [5.74, 6) is -0.816. The molecule has 2 atom stereocenters. The number of carboxylic acid groups (broad SMARTS) is 1. The number of rotatable bonds is 4. The Kier molecular flexibility index (Phi) is 3.94. The molecule has 1 aromatic rings. The Labute approximate surface area is 103 Å². The van der Waals surface area contributed by atoms with E-state index in [1.165, 1.54) is 0 Å². The molecule has 2 unspecified atom stereocenters. The molecule has 0 aromatic heterocycles. The van der Waals surface area contributed by atoms with Crippen LogP contribution >= 0.6 is 0 Å². The molecule has 3 N–H and O–H groups in total. The molecule has 0 spiro atoms. The van der Waals surface area contributed by atoms with Gasteiger partial charge in [0.05, 0.1) is 6.42 Å². The van der Waals surface area contributed by atoms with E-state index in [0.29, 0.717) is 0 Å². The number of carboxylic acids is 1. The Balaban J connectivity index is 3.26. The molecule has 1 rings (SSSR count). The van der Waals surface area contributed by atoms with Gasteiger partial charge in [-0.25, -0.2) is 0 Å². The van der Waals surface area contributed by atoms with Crippen molar-refractivity contribution in [1.82, 2.24) is 0 Å². The number of carbonyl (C=O) groups is 1. The highest BCUT2D eigenvalue weighted by Crippen LogP contribution is 2.31. The highest BCUT2D eigenvalue weighted by molar-refractivity contribution is 5.69. The molecule has 0 fully saturated rings. The van der Waals surface area contributed by atoms with Gasteiger partial charge in [0.25, 0.3) is 0 Å². The van der Waals surface area contributed by atoms with Gasteiger partial charge in [0.1, 0.15) is 0 Å². The first kappa shape index (κ1) is 13.7. The maximum atomic E-state index is 11.0. The fraction of sp³-hybridized carbons (Fsp3) is 0.500. The molecule has 0 aliphatic carbocycles. The molecule has 94 valence electrons. The minimum Gasteiger partial charge on any atom is -0.481 e. The zero-order valence-corrected chi connectivity index (χ0v) is 10.9. The minimum atomic E-state index is -0.816. The maximum absolute atomic E-state index is 11.0. The summed E-state index contributed by atoms with van der Waals surface area (Å²) >= 11 is 0. The summed E-state index contributed by atoms with van der Waals surface area (Å²) in [6.07, 6.45) is 0.0492. The highest BCUT2D eigenvalue weighted by Gasteiger charge is 2.33. The first-order chi connectivity index (χ1) is 7.75. The van der Waals surface area contributed by atoms with Crippen molar-refractivity contribution in [3.05, 3.63) is 34.9 Å². The monoisotopic (exact) mass is 235 g/mol. The molecule has 0 bridgehead atoms. The van der Waals surface area contributed by atoms with Crippen LogP contribution in [0, 0.1) is 13.8 Å². The van der Waals surface area contributed by atoms with Gasteiger partial charge >= 0.3 is 5.97 Å². The summed E-state index contributed by atoms with van der Waals surface area (Å²) in [7, 11) is 0. The van der Waals surface area contributed by atoms with Crippen LogP contribution in [-0.4, -0.2) is 17.1 Å². The molecule has 0 heterocycles. The van der Waals surface area contributed by atoms with Crippen LogP contribution in [0.5, 0.6) is 0 Å². The van der Waals surface area contributed by atoms with Crippen LogP contribution in [0.15, 0.2) is 18.2 Å². The van der Waals surface area contributed by atoms with Crippen LogP contribution in [-0.2, 0) is 10.2 Å². The van der Waals surface area contributed by atoms with Crippen molar-refractivity contribution in [3.8, 4) is 0 Å². The van der Waals surface area contributed by atoms with E-state index in [-0.39, 0.29) is 12.5 Å². The van der Waals surface area contributed by atoms with Crippen molar-refractivity contribution in [1.29, 1.82) is 0 Å². The van der Waals surface area contributed by atoms with E-state index in [1.807, 2.05) is 39.8 Å². The molecule has 1 aromatic carbocycles. The Morgan fingerprint density at radius 1 is 1.35 bits per heavy atom. The first-order valence-corrected chi connectivity index (χ1v) is 5.82. The smallest absolute Gasteiger partial charge is 0.304 e. The van der Waals surface area contributed by atoms with E-state index in [2.05, 4.69) is 6.07 Å². The molecule has 0 aliphatic heterocycles. The van der Waals surface area contributed by atoms with Gasteiger partial charge in [0, 0.05) is 11.5 Å². The summed E-state index contributed by atoms with van der Waals surface area (Å²) < 4.78 is 0. The Hall–Kier alpha value is -1.35. The molecule has 0 amide bonds. The standard InChI is InChI=1S/C14H21NO2/c1-9-5-10(2)7-12(6-9)14(4,11(3)15)8-13(16)17/h5-7,11H,8,15H2,1-4H3,(H,16,17). The second-order valence-electron chi connectivity index (χ2n) is 5.15. The molecule has 3 heteroatoms. The normalized spacial score (nSPS) is 16.3. The summed E-state index contributed by atoms with van der Waals surface area (Å²) in [6.45, 7) is 7.80. The van der Waals surface area contributed by atoms with Gasteiger partial charge in [-0.3, -0.25) is 4.79 Å². The molecular weight excluding hydrogens is 214 g/mol. The number of benzene rings is 1. The molecule has 0 saturated carbocycles. The van der Waals surface area contributed by atoms with Crippen molar-refractivity contribution in [3.63, 3.8) is 0 Å². The van der Waals surface area contributed by atoms with Crippen LogP contribution in [0.3, 0.4) is 0 Å². The van der Waals surface area contributed by atoms with Crippen LogP contribution in [0.1, 0.15) is 37.0 Å². The summed E-state index contributed by atoms with van der Waals surface area (Å²) in [5.41, 5.74) is 8.74. The van der Waals surface area contributed by atoms with E-state index >= 15 is 0 Å². The van der Waals surface area contributed by atoms with Crippen molar-refractivity contribution < 1.29 is 9.90 Å². The van der Waals surface area contributed by atoms with Gasteiger partial charge in [-0.1, -0.05) is 36.2 Å². The third-order valence-corrected chi connectivity index (χ3v) is 3.40. The second-order valence-corrected chi connectivity index (χ2v) is 5.15. The predicted molar refractivity (Wildman–Crippen MR) is 69.2 cm³/mol. The molecule has 0 saturated heterocycles. The fourth-order valence-electron chi connectivity index (χ4n) is 2.14. The third kappa shape index (κ3) is 3.07. The summed E-state index contributed by atoms with van der Waals surface area (Å²) in [6, 6.07) is 5.92. The van der Waals surface area contributed by atoms with Gasteiger partial charge < -0.3 is 10.8 Å². The van der Waals surface area contributed by atoms with E-state index < -0.39 is 11.4 Å². The summed E-state index contributed by atoms with van der Waals surface area (Å²) in [5, 5.41) is 9.04. The van der Waals surface area contributed by atoms with E-state index in [1.54, 1.807) is 0 Å². The average molecular weight is 235 g/mol. The van der Waals surface area contributed by atoms with Crippen LogP contribution in [0.25, 0.3) is 0 Å². The number of aryl methyl sites for hydroxylation is 2. The second kappa shape index (κ2) is 4.88. The quantitative estimate of drug-likeness (QED) is 0.842. The topological polar surface area (TPSA) is 63.3 Å². The van der Waals surface area contributed by atoms with Crippen molar-refractivity contribution >= 4 is 5.97 Å². The van der Waals surface area contributed by atoms with E-state index in [9.17, 15) is 4.79 Å². The number of hydrogen-bond acceptors (Lipinski definition) is 2. The van der Waals surface area contributed by atoms with Gasteiger partial charge in [0.2, 0.25) is 0 Å². The molecule has 0 radical (unpaired) electrons. The zero-order chi connectivity index (χ0) is 13.2. The van der Waals surface area contributed by atoms with Gasteiger partial charge in [-0.15, -0.1) is 0 Å². The maximum Gasteiger partial charge on any atom is 0.304 e. The lowest BCUT2D eigenvalue weighted by molar-refractivity contribution is -0.138. The van der Waals surface area contributed by atoms with Crippen molar-refractivity contribution in [2.75, 3.05) is 0 Å². The van der Waals surface area contributed by atoms with Crippen LogP contribution in [0.2, 0.25) is 0 Å². The van der Waals surface area contributed by atoms with Crippen LogP contribution < -0.4 is 5.73 Å². The first-order valence-electron chi connectivity index (χ1n) is 5.82. The van der Waals surface area contributed by atoms with Gasteiger partial charge in [0.15, 0.2) is 0 Å². The fourth-order valence-corrected chi connectivity index (χ4v) is 2.14. The number of nitrogens with two attached hydrogens (primary N) is 1. The summed E-state index contributed by atoms with van der Waals surface area (Å²) in [4.78, 5) is 11.0. The lowest BCUT2D eigenvalue weighted by Crippen LogP contribution is -2.42. The SMILES string of the molecule is Cc1cc(C)cc(C(C)(CC(=O)O)C(C)N)c1. The van der Waals surface area contributed by atoms with Gasteiger partial charge in [-0.2, -0.15) is 0 Å². The van der Waals surface area contributed by atoms with Crippen molar-refractivity contribution in [2.45, 2.75) is 45.6 Å². The Bertz CT molecular complexity index is 406. The third-order valence-electron chi connectivity index (χ3n) is 3.40. The number of aliphatic carboxylic acids is 1. The molecule has 3 nitrogen and oxygen atoms in total. The number of hydrogen-bond donors (Lipinski definition) is 2. The zero-order valence-electron chi connectivity index (χ0n) is 10.9. The molecule has 0 aliphatic rings. The highest BCUT2D eigenvalue weighted by atomic mass is 16.4. The van der Waals surface area contributed by atoms with Gasteiger partial charge in [-0.05, 0) is 26.3 Å². The van der Waals surface area contributed by atoms with Crippen LogP contribution in [0.4, 0.5) is 0 Å². The molecule has 17 heavy (non-hydrogen) atoms. The van der Waals surface area contributed by atoms with E-state index in [4.69, 9.17) is 10.8 Å². The van der Waals surface area contributed by atoms with Crippen molar-refractivity contribution in [2.24, 2.45) is 5.73 Å².